The number of hydrogen-bond donors (Lipinski definition) is 0. The summed E-state index contributed by atoms with van der Waals surface area (Å²) in [5.74, 6) is 3.22. The Balaban J connectivity index is 1.78. The molecular weight excluding hydrogens is 300 g/mol. The van der Waals surface area contributed by atoms with Gasteiger partial charge in [0.2, 0.25) is 0 Å². The first-order chi connectivity index (χ1) is 11.5. The molecular formula is C18H26N6. The van der Waals surface area contributed by atoms with Crippen LogP contribution in [0.25, 0.3) is 0 Å². The van der Waals surface area contributed by atoms with E-state index < -0.39 is 0 Å². The van der Waals surface area contributed by atoms with Gasteiger partial charge in [-0.05, 0) is 31.9 Å². The predicted molar refractivity (Wildman–Crippen MR) is 96.5 cm³/mol. The van der Waals surface area contributed by atoms with Gasteiger partial charge in [0, 0.05) is 50.1 Å². The van der Waals surface area contributed by atoms with Gasteiger partial charge in [-0.2, -0.15) is 5.10 Å². The largest absolute Gasteiger partial charge is 0.355 e. The number of likely N-dealkylation sites (N-methyl/N-ethyl adjacent to an activating group) is 1. The zero-order chi connectivity index (χ0) is 17.1. The van der Waals surface area contributed by atoms with E-state index in [1.54, 1.807) is 6.20 Å². The van der Waals surface area contributed by atoms with E-state index in [2.05, 4.69) is 51.9 Å². The normalized spacial score (nSPS) is 18.0. The Morgan fingerprint density at radius 3 is 2.83 bits per heavy atom. The van der Waals surface area contributed by atoms with Crippen molar-refractivity contribution in [3.63, 3.8) is 0 Å². The molecule has 1 saturated heterocycles. The first-order valence-electron chi connectivity index (χ1n) is 8.65. The van der Waals surface area contributed by atoms with E-state index in [9.17, 15) is 0 Å². The highest BCUT2D eigenvalue weighted by Gasteiger charge is 2.25. The smallest absolute Gasteiger partial charge is 0.151 e. The van der Waals surface area contributed by atoms with Gasteiger partial charge < -0.3 is 9.80 Å². The third kappa shape index (κ3) is 3.63. The standard InChI is InChI=1S/C18H26N6/c1-13(2)18-20-14(3)11-17(21-18)23(4)15-7-6-10-24(12-15)16-8-5-9-19-22-16/h5,8-9,11,13,15H,6-7,10,12H2,1-4H3. The summed E-state index contributed by atoms with van der Waals surface area (Å²) in [5, 5.41) is 8.26. The van der Waals surface area contributed by atoms with Gasteiger partial charge in [-0.15, -0.1) is 5.10 Å². The number of piperidine rings is 1. The van der Waals surface area contributed by atoms with Gasteiger partial charge in [0.25, 0.3) is 0 Å². The molecule has 1 fully saturated rings. The number of nitrogens with zero attached hydrogens (tertiary/aromatic N) is 6. The summed E-state index contributed by atoms with van der Waals surface area (Å²) in [7, 11) is 2.14. The monoisotopic (exact) mass is 326 g/mol. The average Bonchev–Trinajstić information content (AvgIpc) is 2.61. The summed E-state index contributed by atoms with van der Waals surface area (Å²) < 4.78 is 0. The van der Waals surface area contributed by atoms with E-state index >= 15 is 0 Å². The molecule has 0 saturated carbocycles. The number of anilines is 2. The molecule has 3 heterocycles. The van der Waals surface area contributed by atoms with Crippen LogP contribution in [0.4, 0.5) is 11.6 Å². The van der Waals surface area contributed by atoms with Crippen LogP contribution in [0.1, 0.15) is 44.1 Å². The molecule has 0 radical (unpaired) electrons. The first-order valence-corrected chi connectivity index (χ1v) is 8.65. The van der Waals surface area contributed by atoms with Crippen molar-refractivity contribution in [3.8, 4) is 0 Å². The molecule has 0 aliphatic carbocycles. The minimum absolute atomic E-state index is 0.333. The molecule has 2 aromatic rings. The molecule has 0 bridgehead atoms. The number of aromatic nitrogens is 4. The molecule has 1 unspecified atom stereocenters. The van der Waals surface area contributed by atoms with Crippen LogP contribution in [0, 0.1) is 6.92 Å². The third-order valence-electron chi connectivity index (χ3n) is 4.56. The minimum Gasteiger partial charge on any atom is -0.355 e. The highest BCUT2D eigenvalue weighted by molar-refractivity contribution is 5.43. The van der Waals surface area contributed by atoms with Crippen LogP contribution < -0.4 is 9.80 Å². The maximum atomic E-state index is 4.77. The Bertz CT molecular complexity index is 672. The molecule has 0 aromatic carbocycles. The van der Waals surface area contributed by atoms with Crippen molar-refractivity contribution in [3.05, 3.63) is 35.9 Å². The molecule has 128 valence electrons. The molecule has 6 heteroatoms. The van der Waals surface area contributed by atoms with Crippen molar-refractivity contribution in [1.29, 1.82) is 0 Å². The number of aryl methyl sites for hydroxylation is 1. The molecule has 0 N–H and O–H groups in total. The zero-order valence-electron chi connectivity index (χ0n) is 15.0. The summed E-state index contributed by atoms with van der Waals surface area (Å²) >= 11 is 0. The Hall–Kier alpha value is -2.24. The topological polar surface area (TPSA) is 58.0 Å². The number of hydrogen-bond acceptors (Lipinski definition) is 6. The summed E-state index contributed by atoms with van der Waals surface area (Å²) in [6, 6.07) is 6.46. The third-order valence-corrected chi connectivity index (χ3v) is 4.56. The van der Waals surface area contributed by atoms with Crippen LogP contribution in [0.5, 0.6) is 0 Å². The van der Waals surface area contributed by atoms with Gasteiger partial charge in [-0.1, -0.05) is 13.8 Å². The van der Waals surface area contributed by atoms with E-state index in [1.165, 1.54) is 0 Å². The van der Waals surface area contributed by atoms with E-state index in [0.717, 1.165) is 49.1 Å². The van der Waals surface area contributed by atoms with Gasteiger partial charge in [0.05, 0.1) is 0 Å². The lowest BCUT2D eigenvalue weighted by atomic mass is 10.0. The Labute approximate surface area is 143 Å². The van der Waals surface area contributed by atoms with Gasteiger partial charge >= 0.3 is 0 Å². The lowest BCUT2D eigenvalue weighted by Gasteiger charge is -2.38. The van der Waals surface area contributed by atoms with E-state index in [1.807, 2.05) is 19.1 Å². The van der Waals surface area contributed by atoms with Crippen molar-refractivity contribution < 1.29 is 0 Å². The van der Waals surface area contributed by atoms with Gasteiger partial charge in [0.15, 0.2) is 5.82 Å². The van der Waals surface area contributed by atoms with Crippen LogP contribution in [0.2, 0.25) is 0 Å². The summed E-state index contributed by atoms with van der Waals surface area (Å²) in [4.78, 5) is 13.9. The van der Waals surface area contributed by atoms with Gasteiger partial charge in [0.1, 0.15) is 11.6 Å². The fraction of sp³-hybridized carbons (Fsp3) is 0.556. The molecule has 2 aromatic heterocycles. The highest BCUT2D eigenvalue weighted by atomic mass is 15.3. The van der Waals surface area contributed by atoms with Crippen LogP contribution in [0.15, 0.2) is 24.4 Å². The molecule has 1 aliphatic heterocycles. The second-order valence-electron chi connectivity index (χ2n) is 6.82. The quantitative estimate of drug-likeness (QED) is 0.861. The van der Waals surface area contributed by atoms with Crippen molar-refractivity contribution >= 4 is 11.6 Å². The summed E-state index contributed by atoms with van der Waals surface area (Å²) in [6.45, 7) is 8.28. The fourth-order valence-electron chi connectivity index (χ4n) is 3.14. The maximum absolute atomic E-state index is 4.77. The molecule has 1 atom stereocenters. The van der Waals surface area contributed by atoms with Crippen molar-refractivity contribution in [1.82, 2.24) is 20.2 Å². The Kier molecular flexibility index (Phi) is 4.92. The number of rotatable bonds is 4. The minimum atomic E-state index is 0.333. The maximum Gasteiger partial charge on any atom is 0.151 e. The van der Waals surface area contributed by atoms with E-state index in [-0.39, 0.29) is 0 Å². The summed E-state index contributed by atoms with van der Waals surface area (Å²) in [5.41, 5.74) is 1.03. The van der Waals surface area contributed by atoms with E-state index in [0.29, 0.717) is 12.0 Å². The molecule has 1 aliphatic rings. The first kappa shape index (κ1) is 16.6. The Morgan fingerprint density at radius 2 is 2.12 bits per heavy atom. The average molecular weight is 326 g/mol. The molecule has 24 heavy (non-hydrogen) atoms. The van der Waals surface area contributed by atoms with Crippen LogP contribution in [-0.2, 0) is 0 Å². The van der Waals surface area contributed by atoms with Gasteiger partial charge in [-0.3, -0.25) is 0 Å². The van der Waals surface area contributed by atoms with Crippen molar-refractivity contribution in [2.24, 2.45) is 0 Å². The van der Waals surface area contributed by atoms with Crippen LogP contribution >= 0.6 is 0 Å². The van der Waals surface area contributed by atoms with Crippen LogP contribution in [-0.4, -0.2) is 46.3 Å². The highest BCUT2D eigenvalue weighted by Crippen LogP contribution is 2.24. The molecule has 0 amide bonds. The lowest BCUT2D eigenvalue weighted by molar-refractivity contribution is 0.481. The summed E-state index contributed by atoms with van der Waals surface area (Å²) in [6.07, 6.45) is 4.02. The Morgan fingerprint density at radius 1 is 1.29 bits per heavy atom. The molecule has 6 nitrogen and oxygen atoms in total. The molecule has 3 rings (SSSR count). The van der Waals surface area contributed by atoms with Crippen LogP contribution in [0.3, 0.4) is 0 Å². The molecule has 0 spiro atoms. The second-order valence-corrected chi connectivity index (χ2v) is 6.82. The second kappa shape index (κ2) is 7.11. The van der Waals surface area contributed by atoms with Crippen molar-refractivity contribution in [2.75, 3.05) is 29.9 Å². The van der Waals surface area contributed by atoms with Gasteiger partial charge in [-0.25, -0.2) is 9.97 Å². The van der Waals surface area contributed by atoms with E-state index in [4.69, 9.17) is 4.98 Å². The zero-order valence-corrected chi connectivity index (χ0v) is 15.0. The van der Waals surface area contributed by atoms with Crippen molar-refractivity contribution in [2.45, 2.75) is 45.6 Å². The lowest BCUT2D eigenvalue weighted by Crippen LogP contribution is -2.47. The SMILES string of the molecule is Cc1cc(N(C)C2CCCN(c3cccnn3)C2)nc(C(C)C)n1. The fourth-order valence-corrected chi connectivity index (χ4v) is 3.14. The predicted octanol–water partition coefficient (Wildman–Crippen LogP) is 2.80.